The van der Waals surface area contributed by atoms with Gasteiger partial charge in [0.25, 0.3) is 0 Å². The number of halogens is 3. The molecule has 2 atom stereocenters. The number of hydrogen-bond acceptors (Lipinski definition) is 4. The van der Waals surface area contributed by atoms with E-state index in [2.05, 4.69) is 39.2 Å². The lowest BCUT2D eigenvalue weighted by Gasteiger charge is -2.26. The first-order valence-electron chi connectivity index (χ1n) is 8.79. The van der Waals surface area contributed by atoms with Gasteiger partial charge in [0.2, 0.25) is 0 Å². The quantitative estimate of drug-likeness (QED) is 0.742. The summed E-state index contributed by atoms with van der Waals surface area (Å²) >= 11 is 6.27. The first-order valence-corrected chi connectivity index (χ1v) is 9.17. The monoisotopic (exact) mass is 412 g/mol. The second-order valence-corrected chi connectivity index (χ2v) is 7.93. The maximum absolute atomic E-state index is 6.27. The normalized spacial score (nSPS) is 25.3. The van der Waals surface area contributed by atoms with Crippen LogP contribution in [0.5, 0.6) is 0 Å². The van der Waals surface area contributed by atoms with Crippen molar-refractivity contribution in [3.63, 3.8) is 0 Å². The van der Waals surface area contributed by atoms with Crippen molar-refractivity contribution in [2.24, 2.45) is 0 Å². The van der Waals surface area contributed by atoms with Crippen molar-refractivity contribution in [3.05, 3.63) is 46.4 Å². The van der Waals surface area contributed by atoms with Gasteiger partial charge in [-0.25, -0.2) is 9.97 Å². The number of nitrogens with zero attached hydrogens (tertiary/aromatic N) is 3. The van der Waals surface area contributed by atoms with Gasteiger partial charge in [-0.2, -0.15) is 0 Å². The average molecular weight is 414 g/mol. The number of fused-ring (bicyclic) bond motifs is 3. The highest BCUT2D eigenvalue weighted by atomic mass is 35.5. The van der Waals surface area contributed by atoms with Crippen molar-refractivity contribution in [1.82, 2.24) is 9.97 Å². The number of aryl methyl sites for hydroxylation is 1. The summed E-state index contributed by atoms with van der Waals surface area (Å²) in [6, 6.07) is 6.23. The first-order chi connectivity index (χ1) is 11.7. The predicted octanol–water partition coefficient (Wildman–Crippen LogP) is 4.60. The fourth-order valence-corrected chi connectivity index (χ4v) is 4.93. The zero-order chi connectivity index (χ0) is 16.3. The molecule has 5 rings (SSSR count). The van der Waals surface area contributed by atoms with E-state index in [9.17, 15) is 0 Å². The van der Waals surface area contributed by atoms with Gasteiger partial charge in [-0.3, -0.25) is 0 Å². The van der Waals surface area contributed by atoms with Crippen LogP contribution in [0.15, 0.2) is 24.5 Å². The molecule has 1 fully saturated rings. The first kappa shape index (κ1) is 19.5. The van der Waals surface area contributed by atoms with E-state index in [0.29, 0.717) is 5.92 Å². The van der Waals surface area contributed by atoms with Crippen LogP contribution < -0.4 is 10.2 Å². The Labute approximate surface area is 171 Å². The van der Waals surface area contributed by atoms with E-state index in [1.165, 1.54) is 28.9 Å². The average Bonchev–Trinajstić information content (AvgIpc) is 3.28. The molecule has 1 saturated heterocycles. The molecular weight excluding hydrogens is 391 g/mol. The summed E-state index contributed by atoms with van der Waals surface area (Å²) in [7, 11) is 0. The molecule has 3 aliphatic rings. The van der Waals surface area contributed by atoms with E-state index in [4.69, 9.17) is 11.6 Å². The Bertz CT molecular complexity index is 828. The number of nitrogens with one attached hydrogen (secondary N) is 1. The smallest absolute Gasteiger partial charge is 0.135 e. The summed E-state index contributed by atoms with van der Waals surface area (Å²) in [6.45, 7) is 5.34. The van der Waals surface area contributed by atoms with Gasteiger partial charge in [-0.1, -0.05) is 18.5 Å². The Morgan fingerprint density at radius 3 is 2.96 bits per heavy atom. The van der Waals surface area contributed by atoms with Crippen LogP contribution in [0, 0.1) is 0 Å². The third-order valence-electron chi connectivity index (χ3n) is 6.08. The number of aromatic nitrogens is 2. The lowest BCUT2D eigenvalue weighted by molar-refractivity contribution is 0.528. The number of hydrogen-bond donors (Lipinski definition) is 1. The minimum absolute atomic E-state index is 0. The Hall–Kier alpha value is -1.23. The Morgan fingerprint density at radius 1 is 1.27 bits per heavy atom. The molecule has 0 radical (unpaired) electrons. The van der Waals surface area contributed by atoms with Crippen LogP contribution in [0.25, 0.3) is 0 Å². The molecule has 1 aromatic heterocycles. The van der Waals surface area contributed by atoms with E-state index >= 15 is 0 Å². The van der Waals surface area contributed by atoms with Crippen LogP contribution in [0.1, 0.15) is 42.5 Å². The van der Waals surface area contributed by atoms with Crippen LogP contribution in [-0.4, -0.2) is 29.6 Å². The van der Waals surface area contributed by atoms with E-state index in [1.54, 1.807) is 6.33 Å². The van der Waals surface area contributed by atoms with Crippen molar-refractivity contribution in [2.75, 3.05) is 29.9 Å². The van der Waals surface area contributed by atoms with Gasteiger partial charge in [0.15, 0.2) is 0 Å². The van der Waals surface area contributed by atoms with Crippen LogP contribution >= 0.6 is 36.4 Å². The van der Waals surface area contributed by atoms with Gasteiger partial charge in [0, 0.05) is 47.0 Å². The molecular formula is C19H23Cl3N4. The molecule has 140 valence electrons. The minimum Gasteiger partial charge on any atom is -0.384 e. The van der Waals surface area contributed by atoms with Crippen molar-refractivity contribution in [3.8, 4) is 0 Å². The van der Waals surface area contributed by atoms with Crippen LogP contribution in [0.3, 0.4) is 0 Å². The second-order valence-electron chi connectivity index (χ2n) is 7.49. The standard InChI is InChI=1S/C19H21ClN4.2ClH/c1-12-2-4-16-17(12)18(23-11-22-16)24-7-6-19(10-24)9-21-15-5-3-13(20)8-14(15)19;;/h3,5,8,11-12,21H,2,4,6-7,9-10H2,1H3;2*1H/t12-,19+;;/m1../s1. The maximum Gasteiger partial charge on any atom is 0.135 e. The molecule has 2 aromatic rings. The largest absolute Gasteiger partial charge is 0.384 e. The molecule has 0 unspecified atom stereocenters. The SMILES string of the molecule is C[C@@H]1CCc2ncnc(N3CC[C@]4(CNc5ccc(Cl)cc54)C3)c21.Cl.Cl. The number of anilines is 2. The summed E-state index contributed by atoms with van der Waals surface area (Å²) in [5, 5.41) is 4.40. The highest BCUT2D eigenvalue weighted by Crippen LogP contribution is 2.46. The van der Waals surface area contributed by atoms with Gasteiger partial charge in [0.05, 0.1) is 0 Å². The maximum atomic E-state index is 6.27. The van der Waals surface area contributed by atoms with E-state index in [-0.39, 0.29) is 30.2 Å². The summed E-state index contributed by atoms with van der Waals surface area (Å²) in [4.78, 5) is 11.7. The van der Waals surface area contributed by atoms with Gasteiger partial charge in [-0.15, -0.1) is 24.8 Å². The molecule has 0 amide bonds. The fourth-order valence-electron chi connectivity index (χ4n) is 4.76. The molecule has 7 heteroatoms. The Morgan fingerprint density at radius 2 is 2.12 bits per heavy atom. The lowest BCUT2D eigenvalue weighted by atomic mass is 9.81. The van der Waals surface area contributed by atoms with Gasteiger partial charge in [-0.05, 0) is 48.9 Å². The molecule has 0 saturated carbocycles. The minimum atomic E-state index is 0. The number of benzene rings is 1. The third kappa shape index (κ3) is 2.83. The van der Waals surface area contributed by atoms with E-state index in [1.807, 2.05) is 6.07 Å². The highest BCUT2D eigenvalue weighted by molar-refractivity contribution is 6.30. The zero-order valence-corrected chi connectivity index (χ0v) is 17.1. The van der Waals surface area contributed by atoms with Crippen molar-refractivity contribution >= 4 is 47.9 Å². The van der Waals surface area contributed by atoms with Crippen LogP contribution in [-0.2, 0) is 11.8 Å². The zero-order valence-electron chi connectivity index (χ0n) is 14.7. The lowest BCUT2D eigenvalue weighted by Crippen LogP contribution is -2.33. The topological polar surface area (TPSA) is 41.1 Å². The number of rotatable bonds is 1. The third-order valence-corrected chi connectivity index (χ3v) is 6.31. The van der Waals surface area contributed by atoms with Crippen molar-refractivity contribution in [2.45, 2.75) is 37.5 Å². The van der Waals surface area contributed by atoms with Crippen LogP contribution in [0.2, 0.25) is 5.02 Å². The molecule has 26 heavy (non-hydrogen) atoms. The molecule has 3 heterocycles. The summed E-state index contributed by atoms with van der Waals surface area (Å²) in [6.07, 6.45) is 5.17. The molecule has 4 nitrogen and oxygen atoms in total. The molecule has 0 bridgehead atoms. The van der Waals surface area contributed by atoms with E-state index < -0.39 is 0 Å². The Balaban J connectivity index is 0.000000980. The molecule has 2 aliphatic heterocycles. The van der Waals surface area contributed by atoms with Crippen LogP contribution in [0.4, 0.5) is 11.5 Å². The van der Waals surface area contributed by atoms with Gasteiger partial charge < -0.3 is 10.2 Å². The highest BCUT2D eigenvalue weighted by Gasteiger charge is 2.45. The fraction of sp³-hybridized carbons (Fsp3) is 0.474. The van der Waals surface area contributed by atoms with Crippen molar-refractivity contribution < 1.29 is 0 Å². The summed E-state index contributed by atoms with van der Waals surface area (Å²) in [5.74, 6) is 1.73. The summed E-state index contributed by atoms with van der Waals surface area (Å²) < 4.78 is 0. The summed E-state index contributed by atoms with van der Waals surface area (Å²) in [5.41, 5.74) is 5.40. The van der Waals surface area contributed by atoms with Crippen molar-refractivity contribution in [1.29, 1.82) is 0 Å². The molecule has 1 spiro atoms. The predicted molar refractivity (Wildman–Crippen MR) is 112 cm³/mol. The van der Waals surface area contributed by atoms with E-state index in [0.717, 1.165) is 43.3 Å². The second kappa shape index (κ2) is 7.06. The van der Waals surface area contributed by atoms with Gasteiger partial charge in [0.1, 0.15) is 12.1 Å². The molecule has 1 aromatic carbocycles. The Kier molecular flexibility index (Phi) is 5.31. The molecule has 1 aliphatic carbocycles. The molecule has 1 N–H and O–H groups in total. The van der Waals surface area contributed by atoms with Gasteiger partial charge >= 0.3 is 0 Å².